The molecule has 0 fully saturated rings. The second kappa shape index (κ2) is 5.40. The number of hydrogen-bond donors (Lipinski definition) is 0. The molecule has 19 heavy (non-hydrogen) atoms. The van der Waals surface area contributed by atoms with Gasteiger partial charge in [0, 0.05) is 12.6 Å². The van der Waals surface area contributed by atoms with Gasteiger partial charge in [-0.2, -0.15) is 5.26 Å². The van der Waals surface area contributed by atoms with Crippen LogP contribution in [-0.2, 0) is 7.05 Å². The highest BCUT2D eigenvalue weighted by atomic mass is 16.5. The standard InChI is InChI=1S/C15H14N2O2/c1-11-3-8-14(17(2)15(11)18)12-4-6-13(7-5-12)19-10-9-16/h3-8H,10H2,1-2H3. The van der Waals surface area contributed by atoms with Crippen LogP contribution in [0.1, 0.15) is 5.56 Å². The largest absolute Gasteiger partial charge is 0.479 e. The van der Waals surface area contributed by atoms with Gasteiger partial charge in [0.1, 0.15) is 11.8 Å². The summed E-state index contributed by atoms with van der Waals surface area (Å²) in [6.07, 6.45) is 0. The quantitative estimate of drug-likeness (QED) is 0.844. The molecule has 0 saturated carbocycles. The lowest BCUT2D eigenvalue weighted by Crippen LogP contribution is -2.20. The van der Waals surface area contributed by atoms with Crippen LogP contribution in [0.25, 0.3) is 11.3 Å². The van der Waals surface area contributed by atoms with E-state index in [1.807, 2.05) is 30.3 Å². The second-order valence-electron chi connectivity index (χ2n) is 4.24. The molecule has 0 aliphatic carbocycles. The number of pyridine rings is 1. The molecule has 96 valence electrons. The average molecular weight is 254 g/mol. The smallest absolute Gasteiger partial charge is 0.253 e. The summed E-state index contributed by atoms with van der Waals surface area (Å²) in [5, 5.41) is 8.44. The van der Waals surface area contributed by atoms with Gasteiger partial charge in [-0.15, -0.1) is 0 Å². The van der Waals surface area contributed by atoms with Crippen LogP contribution in [0.5, 0.6) is 5.75 Å². The lowest BCUT2D eigenvalue weighted by Gasteiger charge is -2.10. The monoisotopic (exact) mass is 254 g/mol. The van der Waals surface area contributed by atoms with Crippen molar-refractivity contribution in [2.45, 2.75) is 6.92 Å². The maximum Gasteiger partial charge on any atom is 0.253 e. The first-order valence-electron chi connectivity index (χ1n) is 5.90. The van der Waals surface area contributed by atoms with E-state index in [9.17, 15) is 4.79 Å². The number of ether oxygens (including phenoxy) is 1. The van der Waals surface area contributed by atoms with E-state index >= 15 is 0 Å². The highest BCUT2D eigenvalue weighted by molar-refractivity contribution is 5.60. The molecular weight excluding hydrogens is 240 g/mol. The number of nitrogens with zero attached hydrogens (tertiary/aromatic N) is 2. The fourth-order valence-electron chi connectivity index (χ4n) is 1.89. The topological polar surface area (TPSA) is 55.0 Å². The first kappa shape index (κ1) is 12.9. The molecule has 2 rings (SSSR count). The van der Waals surface area contributed by atoms with Gasteiger partial charge in [-0.05, 0) is 42.8 Å². The molecule has 0 bridgehead atoms. The Morgan fingerprint density at radius 2 is 1.89 bits per heavy atom. The van der Waals surface area contributed by atoms with Crippen LogP contribution >= 0.6 is 0 Å². The van der Waals surface area contributed by atoms with E-state index in [2.05, 4.69) is 0 Å². The highest BCUT2D eigenvalue weighted by Gasteiger charge is 2.05. The molecule has 1 aromatic carbocycles. The predicted molar refractivity (Wildman–Crippen MR) is 73.0 cm³/mol. The maximum atomic E-state index is 11.9. The number of nitriles is 1. The Morgan fingerprint density at radius 3 is 2.53 bits per heavy atom. The van der Waals surface area contributed by atoms with E-state index < -0.39 is 0 Å². The summed E-state index contributed by atoms with van der Waals surface area (Å²) in [7, 11) is 1.75. The molecule has 1 heterocycles. The van der Waals surface area contributed by atoms with Gasteiger partial charge in [-0.1, -0.05) is 6.07 Å². The van der Waals surface area contributed by atoms with Crippen molar-refractivity contribution < 1.29 is 4.74 Å². The molecule has 0 spiro atoms. The van der Waals surface area contributed by atoms with Crippen molar-refractivity contribution in [3.8, 4) is 23.1 Å². The predicted octanol–water partition coefficient (Wildman–Crippen LogP) is 2.26. The van der Waals surface area contributed by atoms with Crippen LogP contribution < -0.4 is 10.3 Å². The third kappa shape index (κ3) is 2.66. The maximum absolute atomic E-state index is 11.9. The summed E-state index contributed by atoms with van der Waals surface area (Å²) in [5.74, 6) is 0.641. The third-order valence-electron chi connectivity index (χ3n) is 2.95. The molecule has 0 unspecified atom stereocenters. The molecule has 2 aromatic rings. The lowest BCUT2D eigenvalue weighted by molar-refractivity contribution is 0.368. The molecular formula is C15H14N2O2. The zero-order valence-corrected chi connectivity index (χ0v) is 10.9. The van der Waals surface area contributed by atoms with Gasteiger partial charge in [0.15, 0.2) is 6.61 Å². The molecule has 0 aliphatic rings. The van der Waals surface area contributed by atoms with Crippen molar-refractivity contribution in [1.82, 2.24) is 4.57 Å². The van der Waals surface area contributed by atoms with Crippen molar-refractivity contribution >= 4 is 0 Å². The van der Waals surface area contributed by atoms with Gasteiger partial charge in [0.25, 0.3) is 5.56 Å². The molecule has 0 radical (unpaired) electrons. The average Bonchev–Trinajstić information content (AvgIpc) is 2.44. The summed E-state index contributed by atoms with van der Waals surface area (Å²) in [5.41, 5.74) is 2.51. The number of aryl methyl sites for hydroxylation is 1. The minimum absolute atomic E-state index is 0.00214. The van der Waals surface area contributed by atoms with E-state index in [1.165, 1.54) is 0 Å². The van der Waals surface area contributed by atoms with Gasteiger partial charge in [0.2, 0.25) is 0 Å². The first-order valence-corrected chi connectivity index (χ1v) is 5.90. The Hall–Kier alpha value is -2.54. The summed E-state index contributed by atoms with van der Waals surface area (Å²) in [4.78, 5) is 11.9. The van der Waals surface area contributed by atoms with Gasteiger partial charge >= 0.3 is 0 Å². The van der Waals surface area contributed by atoms with Gasteiger partial charge in [-0.3, -0.25) is 4.79 Å². The Bertz CT molecular complexity index is 679. The normalized spacial score (nSPS) is 9.95. The van der Waals surface area contributed by atoms with Crippen molar-refractivity contribution in [3.05, 3.63) is 52.3 Å². The number of rotatable bonds is 3. The Kier molecular flexibility index (Phi) is 3.67. The fourth-order valence-corrected chi connectivity index (χ4v) is 1.89. The minimum Gasteiger partial charge on any atom is -0.479 e. The molecule has 4 nitrogen and oxygen atoms in total. The summed E-state index contributed by atoms with van der Waals surface area (Å²) < 4.78 is 6.81. The van der Waals surface area contributed by atoms with E-state index in [-0.39, 0.29) is 12.2 Å². The number of aromatic nitrogens is 1. The first-order chi connectivity index (χ1) is 9.13. The van der Waals surface area contributed by atoms with Crippen LogP contribution in [0, 0.1) is 18.3 Å². The molecule has 0 aliphatic heterocycles. The Morgan fingerprint density at radius 1 is 1.21 bits per heavy atom. The molecule has 0 saturated heterocycles. The lowest BCUT2D eigenvalue weighted by atomic mass is 10.1. The number of hydrogen-bond acceptors (Lipinski definition) is 3. The third-order valence-corrected chi connectivity index (χ3v) is 2.95. The second-order valence-corrected chi connectivity index (χ2v) is 4.24. The van der Waals surface area contributed by atoms with Gasteiger partial charge < -0.3 is 9.30 Å². The van der Waals surface area contributed by atoms with Gasteiger partial charge in [0.05, 0.1) is 5.69 Å². The van der Waals surface area contributed by atoms with Crippen molar-refractivity contribution in [2.24, 2.45) is 7.05 Å². The fraction of sp³-hybridized carbons (Fsp3) is 0.200. The van der Waals surface area contributed by atoms with E-state index in [0.717, 1.165) is 16.8 Å². The van der Waals surface area contributed by atoms with E-state index in [1.54, 1.807) is 30.7 Å². The van der Waals surface area contributed by atoms with Crippen molar-refractivity contribution in [3.63, 3.8) is 0 Å². The van der Waals surface area contributed by atoms with Crippen LogP contribution in [-0.4, -0.2) is 11.2 Å². The van der Waals surface area contributed by atoms with E-state index in [0.29, 0.717) is 5.75 Å². The van der Waals surface area contributed by atoms with Crippen LogP contribution in [0.3, 0.4) is 0 Å². The summed E-state index contributed by atoms with van der Waals surface area (Å²) in [6.45, 7) is 1.83. The van der Waals surface area contributed by atoms with Crippen LogP contribution in [0.15, 0.2) is 41.2 Å². The van der Waals surface area contributed by atoms with Crippen molar-refractivity contribution in [1.29, 1.82) is 5.26 Å². The van der Waals surface area contributed by atoms with Crippen LogP contribution in [0.2, 0.25) is 0 Å². The van der Waals surface area contributed by atoms with Crippen molar-refractivity contribution in [2.75, 3.05) is 6.61 Å². The molecule has 0 atom stereocenters. The SMILES string of the molecule is Cc1ccc(-c2ccc(OCC#N)cc2)n(C)c1=O. The molecule has 1 aromatic heterocycles. The zero-order valence-electron chi connectivity index (χ0n) is 10.9. The molecule has 4 heteroatoms. The Labute approximate surface area is 111 Å². The van der Waals surface area contributed by atoms with E-state index in [4.69, 9.17) is 10.00 Å². The summed E-state index contributed by atoms with van der Waals surface area (Å²) in [6, 6.07) is 13.0. The minimum atomic E-state index is 0.00214. The highest BCUT2D eigenvalue weighted by Crippen LogP contribution is 2.21. The van der Waals surface area contributed by atoms with Gasteiger partial charge in [-0.25, -0.2) is 0 Å². The summed E-state index contributed by atoms with van der Waals surface area (Å²) >= 11 is 0. The van der Waals surface area contributed by atoms with Crippen LogP contribution in [0.4, 0.5) is 0 Å². The molecule has 0 amide bonds. The Balaban J connectivity index is 2.36. The zero-order chi connectivity index (χ0) is 13.8. The molecule has 0 N–H and O–H groups in total. The number of benzene rings is 1.